The molecule has 2 unspecified atom stereocenters. The maximum absolute atomic E-state index is 12.7. The summed E-state index contributed by atoms with van der Waals surface area (Å²) >= 11 is 0. The van der Waals surface area contributed by atoms with Crippen LogP contribution in [0.2, 0.25) is 0 Å². The Balaban J connectivity index is 1.94. The van der Waals surface area contributed by atoms with Crippen LogP contribution in [0, 0.1) is 5.92 Å². The lowest BCUT2D eigenvalue weighted by atomic mass is 9.90. The molecule has 0 spiro atoms. The molecule has 0 aliphatic carbocycles. The first-order valence-corrected chi connectivity index (χ1v) is 9.40. The molecule has 1 aromatic heterocycles. The molecule has 1 fully saturated rings. The number of likely N-dealkylation sites (tertiary alicyclic amines) is 1. The van der Waals surface area contributed by atoms with Crippen LogP contribution in [0.4, 0.5) is 0 Å². The quantitative estimate of drug-likeness (QED) is 0.846. The average Bonchev–Trinajstić information content (AvgIpc) is 2.96. The maximum atomic E-state index is 12.7. The van der Waals surface area contributed by atoms with Crippen molar-refractivity contribution in [3.8, 4) is 0 Å². The van der Waals surface area contributed by atoms with Crippen LogP contribution >= 0.6 is 0 Å². The summed E-state index contributed by atoms with van der Waals surface area (Å²) in [6.45, 7) is 11.4. The molecule has 1 aliphatic heterocycles. The van der Waals surface area contributed by atoms with E-state index in [1.165, 1.54) is 0 Å². The van der Waals surface area contributed by atoms with Crippen molar-refractivity contribution in [2.75, 3.05) is 13.1 Å². The number of carbonyl (C=O) groups excluding carboxylic acids is 2. The number of nitrogens with two attached hydrogens (primary N) is 1. The Bertz CT molecular complexity index is 651. The molecule has 0 aromatic carbocycles. The van der Waals surface area contributed by atoms with E-state index in [-0.39, 0.29) is 23.3 Å². The summed E-state index contributed by atoms with van der Waals surface area (Å²) in [7, 11) is 1.80. The summed E-state index contributed by atoms with van der Waals surface area (Å²) in [5, 5.41) is 7.58. The standard InChI is InChI=1S/C19H33N5O2/c1-12(20)18(26)24-9-7-14(8-10-24)13(2)21-17(25)15-11-16(19(3,4)5)22-23(15)6/h11-14H,7-10,20H2,1-6H3,(H,21,25). The summed E-state index contributed by atoms with van der Waals surface area (Å²) < 4.78 is 1.65. The second-order valence-electron chi connectivity index (χ2n) is 8.50. The molecule has 3 N–H and O–H groups in total. The highest BCUT2D eigenvalue weighted by atomic mass is 16.2. The number of hydrogen-bond acceptors (Lipinski definition) is 4. The van der Waals surface area contributed by atoms with Gasteiger partial charge in [0.1, 0.15) is 5.69 Å². The van der Waals surface area contributed by atoms with E-state index in [1.807, 2.05) is 17.9 Å². The van der Waals surface area contributed by atoms with Crippen molar-refractivity contribution in [3.63, 3.8) is 0 Å². The topological polar surface area (TPSA) is 93.2 Å². The zero-order chi connectivity index (χ0) is 19.6. The Morgan fingerprint density at radius 2 is 1.85 bits per heavy atom. The van der Waals surface area contributed by atoms with Gasteiger partial charge in [0.15, 0.2) is 0 Å². The summed E-state index contributed by atoms with van der Waals surface area (Å²) in [5.74, 6) is 0.258. The molecule has 7 nitrogen and oxygen atoms in total. The second-order valence-corrected chi connectivity index (χ2v) is 8.50. The minimum absolute atomic E-state index is 0.00438. The first-order valence-electron chi connectivity index (χ1n) is 9.40. The largest absolute Gasteiger partial charge is 0.348 e. The Morgan fingerprint density at radius 1 is 1.27 bits per heavy atom. The molecule has 1 saturated heterocycles. The van der Waals surface area contributed by atoms with Crippen molar-refractivity contribution in [2.45, 2.75) is 65.0 Å². The van der Waals surface area contributed by atoms with Gasteiger partial charge in [0, 0.05) is 31.6 Å². The number of piperidine rings is 1. The Morgan fingerprint density at radius 3 is 2.31 bits per heavy atom. The lowest BCUT2D eigenvalue weighted by molar-refractivity contribution is -0.133. The van der Waals surface area contributed by atoms with Gasteiger partial charge in [-0.25, -0.2) is 0 Å². The van der Waals surface area contributed by atoms with E-state index in [4.69, 9.17) is 5.73 Å². The molecule has 26 heavy (non-hydrogen) atoms. The number of aromatic nitrogens is 2. The molecule has 2 heterocycles. The third-order valence-electron chi connectivity index (χ3n) is 5.19. The fourth-order valence-electron chi connectivity index (χ4n) is 3.35. The smallest absolute Gasteiger partial charge is 0.269 e. The number of nitrogens with zero attached hydrogens (tertiary/aromatic N) is 3. The van der Waals surface area contributed by atoms with Crippen LogP contribution in [0.15, 0.2) is 6.07 Å². The lowest BCUT2D eigenvalue weighted by Crippen LogP contribution is -2.49. The fourth-order valence-corrected chi connectivity index (χ4v) is 3.35. The van der Waals surface area contributed by atoms with Crippen LogP contribution in [0.1, 0.15) is 63.6 Å². The molecule has 1 aliphatic rings. The van der Waals surface area contributed by atoms with Crippen molar-refractivity contribution in [1.82, 2.24) is 20.0 Å². The van der Waals surface area contributed by atoms with Crippen LogP contribution in [0.25, 0.3) is 0 Å². The van der Waals surface area contributed by atoms with Gasteiger partial charge in [-0.2, -0.15) is 5.10 Å². The van der Waals surface area contributed by atoms with Gasteiger partial charge in [0.2, 0.25) is 5.91 Å². The van der Waals surface area contributed by atoms with E-state index < -0.39 is 6.04 Å². The van der Waals surface area contributed by atoms with E-state index in [1.54, 1.807) is 18.7 Å². The Hall–Kier alpha value is -1.89. The fraction of sp³-hybridized carbons (Fsp3) is 0.737. The van der Waals surface area contributed by atoms with E-state index in [9.17, 15) is 9.59 Å². The molecule has 7 heteroatoms. The highest BCUT2D eigenvalue weighted by molar-refractivity contribution is 5.92. The van der Waals surface area contributed by atoms with Crippen molar-refractivity contribution < 1.29 is 9.59 Å². The first-order chi connectivity index (χ1) is 12.0. The van der Waals surface area contributed by atoms with Crippen molar-refractivity contribution in [3.05, 3.63) is 17.5 Å². The molecule has 2 atom stereocenters. The zero-order valence-corrected chi connectivity index (χ0v) is 16.9. The number of rotatable bonds is 4. The van der Waals surface area contributed by atoms with E-state index in [0.717, 1.165) is 18.5 Å². The van der Waals surface area contributed by atoms with Gasteiger partial charge in [0.05, 0.1) is 11.7 Å². The zero-order valence-electron chi connectivity index (χ0n) is 16.9. The van der Waals surface area contributed by atoms with Crippen molar-refractivity contribution in [1.29, 1.82) is 0 Å². The third kappa shape index (κ3) is 4.63. The van der Waals surface area contributed by atoms with Gasteiger partial charge in [-0.05, 0) is 38.7 Å². The van der Waals surface area contributed by atoms with Crippen LogP contribution < -0.4 is 11.1 Å². The number of carbonyl (C=O) groups is 2. The normalized spacial score (nSPS) is 18.5. The number of aryl methyl sites for hydroxylation is 1. The van der Waals surface area contributed by atoms with Crippen molar-refractivity contribution >= 4 is 11.8 Å². The predicted molar refractivity (Wildman–Crippen MR) is 102 cm³/mol. The van der Waals surface area contributed by atoms with Gasteiger partial charge in [-0.3, -0.25) is 14.3 Å². The van der Waals surface area contributed by atoms with Gasteiger partial charge in [0.25, 0.3) is 5.91 Å². The van der Waals surface area contributed by atoms with E-state index in [2.05, 4.69) is 31.2 Å². The monoisotopic (exact) mass is 363 g/mol. The SMILES string of the molecule is CC(N)C(=O)N1CCC(C(C)NC(=O)c2cc(C(C)(C)C)nn2C)CC1. The maximum Gasteiger partial charge on any atom is 0.269 e. The first kappa shape index (κ1) is 20.4. The molecular weight excluding hydrogens is 330 g/mol. The highest BCUT2D eigenvalue weighted by Crippen LogP contribution is 2.23. The third-order valence-corrected chi connectivity index (χ3v) is 5.19. The number of nitrogens with one attached hydrogen (secondary N) is 1. The van der Waals surface area contributed by atoms with E-state index >= 15 is 0 Å². The molecule has 0 radical (unpaired) electrons. The second kappa shape index (κ2) is 7.78. The summed E-state index contributed by atoms with van der Waals surface area (Å²) in [4.78, 5) is 26.5. The van der Waals surface area contributed by atoms with Crippen LogP contribution in [0.3, 0.4) is 0 Å². The summed E-state index contributed by atoms with van der Waals surface area (Å²) in [5.41, 5.74) is 7.06. The molecule has 146 valence electrons. The molecular formula is C19H33N5O2. The molecule has 1 aromatic rings. The number of amides is 2. The molecule has 2 rings (SSSR count). The van der Waals surface area contributed by atoms with E-state index in [0.29, 0.717) is 24.7 Å². The molecule has 0 bridgehead atoms. The van der Waals surface area contributed by atoms with Crippen LogP contribution in [0.5, 0.6) is 0 Å². The highest BCUT2D eigenvalue weighted by Gasteiger charge is 2.29. The summed E-state index contributed by atoms with van der Waals surface area (Å²) in [6, 6.07) is 1.46. The summed E-state index contributed by atoms with van der Waals surface area (Å²) in [6.07, 6.45) is 1.75. The number of hydrogen-bond donors (Lipinski definition) is 2. The Kier molecular flexibility index (Phi) is 6.11. The molecule has 2 amide bonds. The van der Waals surface area contributed by atoms with Crippen molar-refractivity contribution in [2.24, 2.45) is 18.7 Å². The van der Waals surface area contributed by atoms with Gasteiger partial charge < -0.3 is 16.0 Å². The Labute approximate surface area is 156 Å². The van der Waals surface area contributed by atoms with Gasteiger partial charge >= 0.3 is 0 Å². The van der Waals surface area contributed by atoms with Gasteiger partial charge in [-0.1, -0.05) is 20.8 Å². The average molecular weight is 364 g/mol. The lowest BCUT2D eigenvalue weighted by Gasteiger charge is -2.35. The molecule has 0 saturated carbocycles. The minimum Gasteiger partial charge on any atom is -0.348 e. The van der Waals surface area contributed by atoms with Crippen LogP contribution in [-0.4, -0.2) is 51.7 Å². The van der Waals surface area contributed by atoms with Gasteiger partial charge in [-0.15, -0.1) is 0 Å². The predicted octanol–water partition coefficient (Wildman–Crippen LogP) is 1.42. The minimum atomic E-state index is -0.453. The van der Waals surface area contributed by atoms with Crippen LogP contribution in [-0.2, 0) is 17.3 Å².